The van der Waals surface area contributed by atoms with Crippen molar-refractivity contribution in [1.82, 2.24) is 0 Å². The van der Waals surface area contributed by atoms with E-state index in [1.807, 2.05) is 16.7 Å². The summed E-state index contributed by atoms with van der Waals surface area (Å²) < 4.78 is 0. The maximum absolute atomic E-state index is 2.90. The Morgan fingerprint density at radius 3 is 1.74 bits per heavy atom. The maximum atomic E-state index is 2.90. The molecule has 0 heteroatoms. The van der Waals surface area contributed by atoms with Crippen molar-refractivity contribution in [2.45, 2.75) is 129 Å². The highest BCUT2D eigenvalue weighted by atomic mass is 14.6. The van der Waals surface area contributed by atoms with E-state index in [2.05, 4.69) is 90.9 Å². The number of rotatable bonds is 2. The van der Waals surface area contributed by atoms with Gasteiger partial charge in [-0.3, -0.25) is 0 Å². The Balaban J connectivity index is 1.23. The Hall–Kier alpha value is -2.08. The second-order valence-electron chi connectivity index (χ2n) is 18.9. The SMILES string of the molecule is CC(C)(C)c1ccc2c(c1)C(C1(C)C3=C(CC(C45CC6CC(CC(C6)C4)C5)=C3)C3CCCC31)c1cc(C(C)(C)C)ccc1-2. The van der Waals surface area contributed by atoms with Crippen LogP contribution in [0.4, 0.5) is 0 Å². The molecule has 0 aliphatic heterocycles. The molecule has 3 atom stereocenters. The van der Waals surface area contributed by atoms with Gasteiger partial charge in [-0.1, -0.05) is 109 Å². The summed E-state index contributed by atoms with van der Waals surface area (Å²) in [6.07, 6.45) is 17.7. The van der Waals surface area contributed by atoms with E-state index < -0.39 is 0 Å². The van der Waals surface area contributed by atoms with Gasteiger partial charge in [0.25, 0.3) is 0 Å². The number of hydrogen-bond acceptors (Lipinski definition) is 0. The molecule has 5 fully saturated rings. The third-order valence-corrected chi connectivity index (χ3v) is 14.4. The van der Waals surface area contributed by atoms with Crippen molar-refractivity contribution in [3.8, 4) is 11.1 Å². The molecular formula is C43H54. The van der Waals surface area contributed by atoms with Crippen LogP contribution in [0, 0.1) is 40.4 Å². The van der Waals surface area contributed by atoms with E-state index in [-0.39, 0.29) is 16.2 Å². The summed E-state index contributed by atoms with van der Waals surface area (Å²) in [7, 11) is 0. The highest BCUT2D eigenvalue weighted by molar-refractivity contribution is 5.81. The molecule has 5 saturated carbocycles. The minimum absolute atomic E-state index is 0.154. The van der Waals surface area contributed by atoms with Crippen molar-refractivity contribution in [1.29, 1.82) is 0 Å². The van der Waals surface area contributed by atoms with Gasteiger partial charge in [0.15, 0.2) is 0 Å². The zero-order chi connectivity index (χ0) is 29.7. The van der Waals surface area contributed by atoms with Crippen molar-refractivity contribution in [2.24, 2.45) is 40.4 Å². The highest BCUT2D eigenvalue weighted by Gasteiger charge is 2.61. The fourth-order valence-electron chi connectivity index (χ4n) is 12.8. The highest BCUT2D eigenvalue weighted by Crippen LogP contribution is 2.72. The van der Waals surface area contributed by atoms with Gasteiger partial charge in [0.05, 0.1) is 0 Å². The minimum atomic E-state index is 0.154. The molecule has 226 valence electrons. The summed E-state index contributed by atoms with van der Waals surface area (Å²) in [6, 6.07) is 15.2. The maximum Gasteiger partial charge on any atom is 0.0199 e. The van der Waals surface area contributed by atoms with Gasteiger partial charge in [-0.15, -0.1) is 0 Å². The first kappa shape index (κ1) is 27.2. The first-order valence-electron chi connectivity index (χ1n) is 18.1. The van der Waals surface area contributed by atoms with Crippen LogP contribution in [0.1, 0.15) is 141 Å². The molecule has 0 aromatic heterocycles. The fraction of sp³-hybridized carbons (Fsp3) is 0.628. The standard InChI is InChI=1S/C43H54/c1-40(2,3)28-11-13-31-32-14-12-29(41(4,5)6)19-36(32)39(35(31)18-28)42(7)37-10-8-9-33(37)34-20-30(21-38(34)42)43-22-25-15-26(23-43)17-27(16-25)24-43/h11-14,18-19,21,25-27,33,37,39H,8-10,15-17,20,22-24H2,1-7H3. The monoisotopic (exact) mass is 570 g/mol. The topological polar surface area (TPSA) is 0 Å². The molecule has 0 spiro atoms. The van der Waals surface area contributed by atoms with Crippen LogP contribution in [0.3, 0.4) is 0 Å². The summed E-state index contributed by atoms with van der Waals surface area (Å²) in [4.78, 5) is 0. The first-order chi connectivity index (χ1) is 20.3. The molecule has 4 bridgehead atoms. The van der Waals surface area contributed by atoms with Crippen LogP contribution in [0.15, 0.2) is 59.2 Å². The van der Waals surface area contributed by atoms with E-state index in [4.69, 9.17) is 0 Å². The lowest BCUT2D eigenvalue weighted by atomic mass is 9.47. The third-order valence-electron chi connectivity index (χ3n) is 14.4. The van der Waals surface area contributed by atoms with Gasteiger partial charge in [0.2, 0.25) is 0 Å². The molecule has 0 heterocycles. The molecule has 0 saturated heterocycles. The predicted molar refractivity (Wildman–Crippen MR) is 180 cm³/mol. The van der Waals surface area contributed by atoms with E-state index in [0.29, 0.717) is 11.3 Å². The van der Waals surface area contributed by atoms with Crippen molar-refractivity contribution in [2.75, 3.05) is 0 Å². The third kappa shape index (κ3) is 3.68. The largest absolute Gasteiger partial charge is 0.0596 e. The zero-order valence-corrected chi connectivity index (χ0v) is 28.1. The van der Waals surface area contributed by atoms with Gasteiger partial charge in [-0.25, -0.2) is 0 Å². The van der Waals surface area contributed by atoms with Crippen LogP contribution < -0.4 is 0 Å². The smallest absolute Gasteiger partial charge is 0.0199 e. The van der Waals surface area contributed by atoms with Crippen LogP contribution in [0.5, 0.6) is 0 Å². The number of hydrogen-bond donors (Lipinski definition) is 0. The summed E-state index contributed by atoms with van der Waals surface area (Å²) in [5, 5.41) is 0. The minimum Gasteiger partial charge on any atom is -0.0596 e. The average molecular weight is 571 g/mol. The Kier molecular flexibility index (Phi) is 5.44. The molecule has 0 amide bonds. The predicted octanol–water partition coefficient (Wildman–Crippen LogP) is 11.7. The molecule has 43 heavy (non-hydrogen) atoms. The normalized spacial score (nSPS) is 37.6. The lowest BCUT2D eigenvalue weighted by Crippen LogP contribution is -2.47. The van der Waals surface area contributed by atoms with Crippen LogP contribution in [-0.2, 0) is 10.8 Å². The molecular weight excluding hydrogens is 516 g/mol. The average Bonchev–Trinajstić information content (AvgIpc) is 3.69. The van der Waals surface area contributed by atoms with Crippen LogP contribution in [0.2, 0.25) is 0 Å². The molecule has 2 aromatic carbocycles. The summed E-state index contributed by atoms with van der Waals surface area (Å²) in [5.74, 6) is 5.11. The zero-order valence-electron chi connectivity index (χ0n) is 28.1. The second-order valence-corrected chi connectivity index (χ2v) is 18.9. The molecule has 10 rings (SSSR count). The number of allylic oxidation sites excluding steroid dienone is 4. The Morgan fingerprint density at radius 2 is 1.23 bits per heavy atom. The van der Waals surface area contributed by atoms with Gasteiger partial charge < -0.3 is 0 Å². The van der Waals surface area contributed by atoms with Gasteiger partial charge in [0.1, 0.15) is 0 Å². The van der Waals surface area contributed by atoms with Crippen molar-refractivity contribution in [3.63, 3.8) is 0 Å². The van der Waals surface area contributed by atoms with Gasteiger partial charge in [-0.05, 0) is 143 Å². The molecule has 3 unspecified atom stereocenters. The number of benzene rings is 2. The summed E-state index contributed by atoms with van der Waals surface area (Å²) >= 11 is 0. The lowest BCUT2D eigenvalue weighted by Gasteiger charge is -2.58. The molecule has 0 nitrogen and oxygen atoms in total. The molecule has 8 aliphatic carbocycles. The van der Waals surface area contributed by atoms with Gasteiger partial charge in [-0.2, -0.15) is 0 Å². The van der Waals surface area contributed by atoms with E-state index in [9.17, 15) is 0 Å². The van der Waals surface area contributed by atoms with Gasteiger partial charge >= 0.3 is 0 Å². The Bertz CT molecular complexity index is 1490. The van der Waals surface area contributed by atoms with Gasteiger partial charge in [0, 0.05) is 11.3 Å². The van der Waals surface area contributed by atoms with E-state index in [1.54, 1.807) is 30.4 Å². The van der Waals surface area contributed by atoms with E-state index in [1.165, 1.54) is 67.2 Å². The van der Waals surface area contributed by atoms with Crippen molar-refractivity contribution < 1.29 is 0 Å². The first-order valence-corrected chi connectivity index (χ1v) is 18.1. The fourth-order valence-corrected chi connectivity index (χ4v) is 12.8. The molecule has 0 radical (unpaired) electrons. The quantitative estimate of drug-likeness (QED) is 0.337. The van der Waals surface area contributed by atoms with Crippen molar-refractivity contribution in [3.05, 3.63) is 81.4 Å². The lowest BCUT2D eigenvalue weighted by molar-refractivity contribution is -0.0315. The molecule has 2 aromatic rings. The van der Waals surface area contributed by atoms with Crippen molar-refractivity contribution >= 4 is 0 Å². The summed E-state index contributed by atoms with van der Waals surface area (Å²) in [5.41, 5.74) is 15.9. The Morgan fingerprint density at radius 1 is 0.698 bits per heavy atom. The Labute approximate surface area is 261 Å². The molecule has 0 N–H and O–H groups in total. The number of fused-ring (bicyclic) bond motifs is 5. The molecule has 8 aliphatic rings. The summed E-state index contributed by atoms with van der Waals surface area (Å²) in [6.45, 7) is 17.1. The second kappa shape index (κ2) is 8.59. The van der Waals surface area contributed by atoms with E-state index in [0.717, 1.165) is 29.6 Å². The van der Waals surface area contributed by atoms with E-state index >= 15 is 0 Å². The van der Waals surface area contributed by atoms with Crippen LogP contribution in [-0.4, -0.2) is 0 Å². The van der Waals surface area contributed by atoms with Crippen LogP contribution >= 0.6 is 0 Å². The van der Waals surface area contributed by atoms with Crippen LogP contribution in [0.25, 0.3) is 11.1 Å².